The maximum absolute atomic E-state index is 12.6. The fourth-order valence-corrected chi connectivity index (χ4v) is 3.71. The van der Waals surface area contributed by atoms with Gasteiger partial charge in [0.25, 0.3) is 0 Å². The summed E-state index contributed by atoms with van der Waals surface area (Å²) in [6, 6.07) is 25.3. The molecule has 0 aliphatic heterocycles. The maximum atomic E-state index is 12.6. The van der Waals surface area contributed by atoms with E-state index in [9.17, 15) is 9.59 Å². The first kappa shape index (κ1) is 23.2. The first-order chi connectivity index (χ1) is 15.5. The van der Waals surface area contributed by atoms with E-state index in [1.165, 1.54) is 0 Å². The molecule has 0 saturated heterocycles. The van der Waals surface area contributed by atoms with Gasteiger partial charge < -0.3 is 16.4 Å². The molecule has 5 nitrogen and oxygen atoms in total. The van der Waals surface area contributed by atoms with Crippen LogP contribution in [0.4, 0.5) is 5.69 Å². The summed E-state index contributed by atoms with van der Waals surface area (Å²) in [7, 11) is 0. The molecular weight excluding hydrogens is 398 g/mol. The van der Waals surface area contributed by atoms with E-state index >= 15 is 0 Å². The highest BCUT2D eigenvalue weighted by molar-refractivity contribution is 5.98. The van der Waals surface area contributed by atoms with Gasteiger partial charge in [-0.25, -0.2) is 0 Å². The minimum atomic E-state index is -0.233. The lowest BCUT2D eigenvalue weighted by Crippen LogP contribution is -2.34. The van der Waals surface area contributed by atoms with Crippen LogP contribution in [0.1, 0.15) is 42.1 Å². The molecule has 0 heterocycles. The van der Waals surface area contributed by atoms with E-state index in [0.717, 1.165) is 28.8 Å². The fourth-order valence-electron chi connectivity index (χ4n) is 3.71. The van der Waals surface area contributed by atoms with Crippen molar-refractivity contribution in [1.29, 1.82) is 0 Å². The summed E-state index contributed by atoms with van der Waals surface area (Å²) < 4.78 is 0. The standard InChI is InChI=1S/C27H31N3O2/c1-19(2)15-25(27(32)30-18-28)23-10-6-9-22(16-23)20-11-13-24(14-12-20)29-17-26(31)21-7-4-3-5-8-21/h3-14,16,19,25,29H,15,17-18,28H2,1-2H3,(H,30,32)/t25-/m1/s1. The summed E-state index contributed by atoms with van der Waals surface area (Å²) in [5.74, 6) is 0.162. The van der Waals surface area contributed by atoms with Gasteiger partial charge in [-0.1, -0.05) is 80.6 Å². The Bertz CT molecular complexity index is 1030. The molecular formula is C27H31N3O2. The van der Waals surface area contributed by atoms with Crippen LogP contribution in [0.2, 0.25) is 0 Å². The van der Waals surface area contributed by atoms with Crippen LogP contribution in [0.3, 0.4) is 0 Å². The average molecular weight is 430 g/mol. The summed E-state index contributed by atoms with van der Waals surface area (Å²) in [5.41, 5.74) is 10.2. The maximum Gasteiger partial charge on any atom is 0.228 e. The number of Topliss-reactive ketones (excluding diaryl/α,β-unsaturated/α-hetero) is 1. The van der Waals surface area contributed by atoms with Crippen LogP contribution in [-0.2, 0) is 4.79 Å². The van der Waals surface area contributed by atoms with Gasteiger partial charge in [-0.15, -0.1) is 0 Å². The highest BCUT2D eigenvalue weighted by Crippen LogP contribution is 2.29. The Morgan fingerprint density at radius 3 is 2.25 bits per heavy atom. The Morgan fingerprint density at radius 1 is 0.875 bits per heavy atom. The van der Waals surface area contributed by atoms with Crippen molar-refractivity contribution in [1.82, 2.24) is 5.32 Å². The van der Waals surface area contributed by atoms with E-state index in [-0.39, 0.29) is 30.8 Å². The van der Waals surface area contributed by atoms with Gasteiger partial charge >= 0.3 is 0 Å². The number of rotatable bonds is 10. The topological polar surface area (TPSA) is 84.2 Å². The van der Waals surface area contributed by atoms with Crippen molar-refractivity contribution in [2.24, 2.45) is 11.7 Å². The summed E-state index contributed by atoms with van der Waals surface area (Å²) in [5, 5.41) is 5.94. The van der Waals surface area contributed by atoms with E-state index in [2.05, 4.69) is 30.5 Å². The average Bonchev–Trinajstić information content (AvgIpc) is 2.82. The lowest BCUT2D eigenvalue weighted by Gasteiger charge is -2.19. The molecule has 1 amide bonds. The van der Waals surface area contributed by atoms with Gasteiger partial charge in [-0.2, -0.15) is 0 Å². The minimum Gasteiger partial charge on any atom is -0.378 e. The molecule has 1 atom stereocenters. The minimum absolute atomic E-state index is 0.0408. The first-order valence-corrected chi connectivity index (χ1v) is 11.0. The molecule has 5 heteroatoms. The van der Waals surface area contributed by atoms with Crippen LogP contribution >= 0.6 is 0 Å². The predicted molar refractivity (Wildman–Crippen MR) is 131 cm³/mol. The molecule has 166 valence electrons. The van der Waals surface area contributed by atoms with Crippen LogP contribution in [0.25, 0.3) is 11.1 Å². The van der Waals surface area contributed by atoms with Crippen molar-refractivity contribution in [3.8, 4) is 11.1 Å². The fraction of sp³-hybridized carbons (Fsp3) is 0.259. The van der Waals surface area contributed by atoms with E-state index in [4.69, 9.17) is 5.73 Å². The molecule has 0 bridgehead atoms. The smallest absolute Gasteiger partial charge is 0.228 e. The Labute approximate surface area is 190 Å². The Morgan fingerprint density at radius 2 is 1.59 bits per heavy atom. The van der Waals surface area contributed by atoms with Gasteiger partial charge in [0, 0.05) is 11.3 Å². The number of benzene rings is 3. The van der Waals surface area contributed by atoms with Crippen molar-refractivity contribution in [2.75, 3.05) is 18.5 Å². The van der Waals surface area contributed by atoms with Crippen LogP contribution < -0.4 is 16.4 Å². The quantitative estimate of drug-likeness (QED) is 0.319. The largest absolute Gasteiger partial charge is 0.378 e. The van der Waals surface area contributed by atoms with Crippen molar-refractivity contribution >= 4 is 17.4 Å². The lowest BCUT2D eigenvalue weighted by atomic mass is 9.88. The number of ketones is 1. The zero-order valence-corrected chi connectivity index (χ0v) is 18.7. The predicted octanol–water partition coefficient (Wildman–Crippen LogP) is 4.81. The van der Waals surface area contributed by atoms with E-state index in [1.54, 1.807) is 0 Å². The van der Waals surface area contributed by atoms with Gasteiger partial charge in [0.1, 0.15) is 0 Å². The normalized spacial score (nSPS) is 11.8. The number of nitrogens with one attached hydrogen (secondary N) is 2. The van der Waals surface area contributed by atoms with Gasteiger partial charge in [0.05, 0.1) is 19.1 Å². The summed E-state index contributed by atoms with van der Waals surface area (Å²) >= 11 is 0. The molecule has 4 N–H and O–H groups in total. The summed E-state index contributed by atoms with van der Waals surface area (Å²) in [6.07, 6.45) is 0.758. The van der Waals surface area contributed by atoms with E-state index in [1.807, 2.05) is 72.8 Å². The molecule has 3 rings (SSSR count). The summed E-state index contributed by atoms with van der Waals surface area (Å²) in [6.45, 7) is 4.60. The molecule has 3 aromatic rings. The highest BCUT2D eigenvalue weighted by atomic mass is 16.2. The Hall–Kier alpha value is -3.44. The molecule has 0 spiro atoms. The molecule has 32 heavy (non-hydrogen) atoms. The SMILES string of the molecule is CC(C)C[C@@H](C(=O)NCN)c1cccc(-c2ccc(NCC(=O)c3ccccc3)cc2)c1. The zero-order chi connectivity index (χ0) is 22.9. The number of amides is 1. The molecule has 0 unspecified atom stereocenters. The van der Waals surface area contributed by atoms with Crippen LogP contribution in [0, 0.1) is 5.92 Å². The molecule has 0 aromatic heterocycles. The number of hydrogen-bond acceptors (Lipinski definition) is 4. The number of nitrogens with two attached hydrogens (primary N) is 1. The first-order valence-electron chi connectivity index (χ1n) is 11.0. The van der Waals surface area contributed by atoms with Crippen LogP contribution in [-0.4, -0.2) is 24.9 Å². The monoisotopic (exact) mass is 429 g/mol. The number of carbonyl (C=O) groups excluding carboxylic acids is 2. The Balaban J connectivity index is 1.71. The van der Waals surface area contributed by atoms with Crippen molar-refractivity contribution < 1.29 is 9.59 Å². The third kappa shape index (κ3) is 6.28. The van der Waals surface area contributed by atoms with Gasteiger partial charge in [0.2, 0.25) is 5.91 Å². The van der Waals surface area contributed by atoms with Gasteiger partial charge in [0.15, 0.2) is 5.78 Å². The number of anilines is 1. The van der Waals surface area contributed by atoms with Crippen molar-refractivity contribution in [3.05, 3.63) is 90.0 Å². The zero-order valence-electron chi connectivity index (χ0n) is 18.7. The third-order valence-corrected chi connectivity index (χ3v) is 5.36. The van der Waals surface area contributed by atoms with E-state index < -0.39 is 0 Å². The van der Waals surface area contributed by atoms with Crippen LogP contribution in [0.5, 0.6) is 0 Å². The van der Waals surface area contributed by atoms with Gasteiger partial charge in [-0.3, -0.25) is 9.59 Å². The second kappa shape index (κ2) is 11.3. The number of hydrogen-bond donors (Lipinski definition) is 3. The molecule has 0 fully saturated rings. The molecule has 0 aliphatic carbocycles. The molecule has 0 radical (unpaired) electrons. The van der Waals surface area contributed by atoms with E-state index in [0.29, 0.717) is 11.5 Å². The second-order valence-corrected chi connectivity index (χ2v) is 8.27. The lowest BCUT2D eigenvalue weighted by molar-refractivity contribution is -0.122. The molecule has 3 aromatic carbocycles. The third-order valence-electron chi connectivity index (χ3n) is 5.36. The van der Waals surface area contributed by atoms with Gasteiger partial charge in [-0.05, 0) is 41.2 Å². The number of carbonyl (C=O) groups is 2. The highest BCUT2D eigenvalue weighted by Gasteiger charge is 2.21. The second-order valence-electron chi connectivity index (χ2n) is 8.27. The molecule has 0 aliphatic rings. The van der Waals surface area contributed by atoms with Crippen molar-refractivity contribution in [3.63, 3.8) is 0 Å². The Kier molecular flexibility index (Phi) is 8.17. The molecule has 0 saturated carbocycles. The van der Waals surface area contributed by atoms with Crippen molar-refractivity contribution in [2.45, 2.75) is 26.2 Å². The summed E-state index contributed by atoms with van der Waals surface area (Å²) in [4.78, 5) is 24.9. The van der Waals surface area contributed by atoms with Crippen LogP contribution in [0.15, 0.2) is 78.9 Å².